The van der Waals surface area contributed by atoms with Crippen LogP contribution in [0.25, 0.3) is 0 Å². The predicted octanol–water partition coefficient (Wildman–Crippen LogP) is 1.67. The number of anilines is 2. The predicted molar refractivity (Wildman–Crippen MR) is 105 cm³/mol. The lowest BCUT2D eigenvalue weighted by atomic mass is 10.2. The molecule has 2 aromatic rings. The van der Waals surface area contributed by atoms with Crippen molar-refractivity contribution in [1.29, 1.82) is 0 Å². The highest BCUT2D eigenvalue weighted by molar-refractivity contribution is 7.92. The molecule has 2 atom stereocenters. The Kier molecular flexibility index (Phi) is 5.20. The molecule has 1 fully saturated rings. The van der Waals surface area contributed by atoms with Crippen molar-refractivity contribution in [3.8, 4) is 0 Å². The van der Waals surface area contributed by atoms with Gasteiger partial charge in [0, 0.05) is 11.4 Å². The second-order valence-corrected chi connectivity index (χ2v) is 10.7. The molecule has 9 heteroatoms. The van der Waals surface area contributed by atoms with E-state index in [4.69, 9.17) is 0 Å². The van der Waals surface area contributed by atoms with Crippen LogP contribution in [0.3, 0.4) is 0 Å². The Labute approximate surface area is 159 Å². The van der Waals surface area contributed by atoms with Gasteiger partial charge in [0.05, 0.1) is 28.5 Å². The fraction of sp³-hybridized carbons (Fsp3) is 0.333. The molecule has 3 rings (SSSR count). The Morgan fingerprint density at radius 3 is 2.22 bits per heavy atom. The minimum absolute atomic E-state index is 0.130. The monoisotopic (exact) mass is 410 g/mol. The van der Waals surface area contributed by atoms with E-state index >= 15 is 0 Å². The zero-order chi connectivity index (χ0) is 19.8. The van der Waals surface area contributed by atoms with E-state index in [1.54, 1.807) is 43.3 Å². The van der Waals surface area contributed by atoms with Crippen LogP contribution >= 0.6 is 0 Å². The molecule has 1 saturated heterocycles. The largest absolute Gasteiger partial charge is 0.390 e. The normalized spacial score (nSPS) is 21.7. The van der Waals surface area contributed by atoms with Crippen LogP contribution in [0.15, 0.2) is 47.4 Å². The summed E-state index contributed by atoms with van der Waals surface area (Å²) in [7, 11) is -6.96. The summed E-state index contributed by atoms with van der Waals surface area (Å²) in [5.41, 5.74) is 2.50. The zero-order valence-corrected chi connectivity index (χ0v) is 16.6. The van der Waals surface area contributed by atoms with Crippen LogP contribution in [0.4, 0.5) is 11.4 Å². The molecule has 0 radical (unpaired) electrons. The molecule has 0 amide bonds. The van der Waals surface area contributed by atoms with Crippen molar-refractivity contribution in [2.45, 2.75) is 30.9 Å². The van der Waals surface area contributed by atoms with E-state index in [1.165, 1.54) is 0 Å². The first-order valence-electron chi connectivity index (χ1n) is 8.41. The summed E-state index contributed by atoms with van der Waals surface area (Å²) in [5, 5.41) is 12.8. The van der Waals surface area contributed by atoms with Crippen LogP contribution in [0.5, 0.6) is 0 Å². The molecule has 0 spiro atoms. The molecular formula is C18H22N2O5S2. The van der Waals surface area contributed by atoms with Gasteiger partial charge in [-0.1, -0.05) is 12.1 Å². The van der Waals surface area contributed by atoms with Gasteiger partial charge in [-0.05, 0) is 55.3 Å². The third-order valence-corrected chi connectivity index (χ3v) is 7.68. The number of benzene rings is 2. The maximum atomic E-state index is 12.6. The first-order valence-corrected chi connectivity index (χ1v) is 11.7. The highest BCUT2D eigenvalue weighted by Crippen LogP contribution is 2.23. The lowest BCUT2D eigenvalue weighted by molar-refractivity contribution is 0.190. The average molecular weight is 411 g/mol. The maximum absolute atomic E-state index is 12.6. The van der Waals surface area contributed by atoms with Crippen LogP contribution in [-0.2, 0) is 19.9 Å². The number of hydrogen-bond acceptors (Lipinski definition) is 6. The summed E-state index contributed by atoms with van der Waals surface area (Å²) in [4.78, 5) is 0.226. The Morgan fingerprint density at radius 2 is 1.63 bits per heavy atom. The van der Waals surface area contributed by atoms with Crippen LogP contribution in [-0.4, -0.2) is 45.6 Å². The highest BCUT2D eigenvalue weighted by atomic mass is 32.2. The average Bonchev–Trinajstić information content (AvgIpc) is 2.83. The van der Waals surface area contributed by atoms with Gasteiger partial charge >= 0.3 is 0 Å². The number of hydrogen-bond donors (Lipinski definition) is 3. The molecule has 1 heterocycles. The molecule has 0 bridgehead atoms. The summed E-state index contributed by atoms with van der Waals surface area (Å²) in [6, 6.07) is 11.1. The van der Waals surface area contributed by atoms with Gasteiger partial charge in [-0.15, -0.1) is 0 Å². The minimum atomic E-state index is -3.72. The molecule has 1 aliphatic rings. The number of sulfonamides is 1. The third kappa shape index (κ3) is 4.60. The Bertz CT molecular complexity index is 1050. The number of aryl methyl sites for hydroxylation is 2. The van der Waals surface area contributed by atoms with E-state index in [1.807, 2.05) is 13.0 Å². The van der Waals surface area contributed by atoms with E-state index in [2.05, 4.69) is 10.0 Å². The number of nitrogens with one attached hydrogen (secondary N) is 2. The van der Waals surface area contributed by atoms with Crippen molar-refractivity contribution in [2.75, 3.05) is 21.5 Å². The van der Waals surface area contributed by atoms with Crippen LogP contribution in [0, 0.1) is 13.8 Å². The fourth-order valence-corrected chi connectivity index (χ4v) is 6.15. The van der Waals surface area contributed by atoms with Gasteiger partial charge in [0.2, 0.25) is 0 Å². The third-order valence-electron chi connectivity index (χ3n) is 4.44. The van der Waals surface area contributed by atoms with E-state index in [0.29, 0.717) is 16.9 Å². The maximum Gasteiger partial charge on any atom is 0.262 e. The molecule has 2 aromatic carbocycles. The van der Waals surface area contributed by atoms with Crippen molar-refractivity contribution in [3.63, 3.8) is 0 Å². The number of aliphatic hydroxyl groups excluding tert-OH is 1. The van der Waals surface area contributed by atoms with Crippen molar-refractivity contribution in [2.24, 2.45) is 0 Å². The molecule has 3 N–H and O–H groups in total. The number of sulfone groups is 1. The smallest absolute Gasteiger partial charge is 0.262 e. The Hall–Kier alpha value is -2.10. The Balaban J connectivity index is 1.73. The quantitative estimate of drug-likeness (QED) is 0.691. The van der Waals surface area contributed by atoms with E-state index in [0.717, 1.165) is 5.56 Å². The first-order chi connectivity index (χ1) is 12.6. The molecular weight excluding hydrogens is 388 g/mol. The van der Waals surface area contributed by atoms with E-state index < -0.39 is 32.0 Å². The second-order valence-electron chi connectivity index (χ2n) is 6.85. The SMILES string of the molecule is Cc1ccc(C)c(S(=O)(=O)Nc2ccc(N[C@H]3CS(=O)(=O)C[C@@H]3O)cc2)c1. The van der Waals surface area contributed by atoms with Crippen molar-refractivity contribution in [3.05, 3.63) is 53.6 Å². The van der Waals surface area contributed by atoms with Gasteiger partial charge in [-0.25, -0.2) is 16.8 Å². The van der Waals surface area contributed by atoms with Crippen molar-refractivity contribution >= 4 is 31.2 Å². The van der Waals surface area contributed by atoms with Gasteiger partial charge in [-0.3, -0.25) is 4.72 Å². The highest BCUT2D eigenvalue weighted by Gasteiger charge is 2.36. The molecule has 1 aliphatic heterocycles. The van der Waals surface area contributed by atoms with Gasteiger partial charge in [0.25, 0.3) is 10.0 Å². The van der Waals surface area contributed by atoms with Crippen LogP contribution < -0.4 is 10.0 Å². The van der Waals surface area contributed by atoms with Crippen LogP contribution in [0.2, 0.25) is 0 Å². The summed E-state index contributed by atoms with van der Waals surface area (Å²) in [6.07, 6.45) is -0.961. The standard InChI is InChI=1S/C18H22N2O5S2/c1-12-3-4-13(2)18(9-12)27(24,25)20-15-7-5-14(6-8-15)19-16-10-26(22,23)11-17(16)21/h3-9,16-17,19-21H,10-11H2,1-2H3/t16-,17-/m0/s1. The number of rotatable bonds is 5. The zero-order valence-electron chi connectivity index (χ0n) is 15.0. The van der Waals surface area contributed by atoms with Crippen LogP contribution in [0.1, 0.15) is 11.1 Å². The summed E-state index contributed by atoms with van der Waals surface area (Å²) in [6.45, 7) is 3.57. The van der Waals surface area contributed by atoms with Crippen molar-refractivity contribution in [1.82, 2.24) is 0 Å². The fourth-order valence-electron chi connectivity index (χ4n) is 3.02. The Morgan fingerprint density at radius 1 is 1.00 bits per heavy atom. The summed E-state index contributed by atoms with van der Waals surface area (Å²) in [5.74, 6) is -0.381. The van der Waals surface area contributed by atoms with Gasteiger partial charge in [0.15, 0.2) is 9.84 Å². The van der Waals surface area contributed by atoms with Gasteiger partial charge in [0.1, 0.15) is 0 Å². The topological polar surface area (TPSA) is 113 Å². The van der Waals surface area contributed by atoms with Crippen molar-refractivity contribution < 1.29 is 21.9 Å². The molecule has 0 aromatic heterocycles. The van der Waals surface area contributed by atoms with Gasteiger partial charge in [-0.2, -0.15) is 0 Å². The summed E-state index contributed by atoms with van der Waals surface area (Å²) >= 11 is 0. The van der Waals surface area contributed by atoms with Gasteiger partial charge < -0.3 is 10.4 Å². The molecule has 0 unspecified atom stereocenters. The molecule has 0 aliphatic carbocycles. The lowest BCUT2D eigenvalue weighted by Crippen LogP contribution is -2.31. The minimum Gasteiger partial charge on any atom is -0.390 e. The number of aliphatic hydroxyl groups is 1. The van der Waals surface area contributed by atoms with E-state index in [9.17, 15) is 21.9 Å². The summed E-state index contributed by atoms with van der Waals surface area (Å²) < 4.78 is 50.9. The molecule has 27 heavy (non-hydrogen) atoms. The first kappa shape index (κ1) is 19.7. The molecule has 7 nitrogen and oxygen atoms in total. The molecule has 0 saturated carbocycles. The van der Waals surface area contributed by atoms with E-state index in [-0.39, 0.29) is 16.4 Å². The second kappa shape index (κ2) is 7.14. The lowest BCUT2D eigenvalue weighted by Gasteiger charge is -2.17. The molecule has 146 valence electrons.